The maximum absolute atomic E-state index is 12.2. The Morgan fingerprint density at radius 2 is 1.88 bits per heavy atom. The largest absolute Gasteiger partial charge is 0.489 e. The Kier molecular flexibility index (Phi) is 4.86. The molecule has 6 heteroatoms. The third-order valence-corrected chi connectivity index (χ3v) is 3.53. The zero-order valence-electron chi connectivity index (χ0n) is 13.3. The Labute approximate surface area is 140 Å². The van der Waals surface area contributed by atoms with Gasteiger partial charge in [0.25, 0.3) is 5.91 Å². The summed E-state index contributed by atoms with van der Waals surface area (Å²) in [6, 6.07) is 11.1. The van der Waals surface area contributed by atoms with Gasteiger partial charge in [0.1, 0.15) is 12.4 Å². The SMILES string of the molecule is CCn1ccnc1C(=O)Nc1ccc(OCc2ccncc2)cc1. The van der Waals surface area contributed by atoms with E-state index < -0.39 is 0 Å². The molecule has 0 saturated carbocycles. The summed E-state index contributed by atoms with van der Waals surface area (Å²) in [7, 11) is 0. The van der Waals surface area contributed by atoms with Crippen molar-refractivity contribution in [1.29, 1.82) is 0 Å². The first-order valence-corrected chi connectivity index (χ1v) is 7.70. The van der Waals surface area contributed by atoms with E-state index in [0.717, 1.165) is 11.3 Å². The van der Waals surface area contributed by atoms with Crippen LogP contribution in [-0.4, -0.2) is 20.4 Å². The first kappa shape index (κ1) is 15.7. The third kappa shape index (κ3) is 3.78. The molecule has 0 fully saturated rings. The highest BCUT2D eigenvalue weighted by Gasteiger charge is 2.12. The Hall–Kier alpha value is -3.15. The number of amides is 1. The molecule has 3 rings (SSSR count). The van der Waals surface area contributed by atoms with Crippen molar-refractivity contribution in [3.63, 3.8) is 0 Å². The van der Waals surface area contributed by atoms with Crippen LogP contribution in [0.15, 0.2) is 61.2 Å². The molecule has 2 heterocycles. The van der Waals surface area contributed by atoms with Gasteiger partial charge in [-0.05, 0) is 48.9 Å². The lowest BCUT2D eigenvalue weighted by Gasteiger charge is -2.09. The molecule has 0 bridgehead atoms. The van der Waals surface area contributed by atoms with Crippen LogP contribution in [0.5, 0.6) is 5.75 Å². The van der Waals surface area contributed by atoms with Crippen molar-refractivity contribution in [3.05, 3.63) is 72.6 Å². The molecule has 0 aliphatic rings. The van der Waals surface area contributed by atoms with Crippen molar-refractivity contribution < 1.29 is 9.53 Å². The molecular formula is C18H18N4O2. The van der Waals surface area contributed by atoms with Gasteiger partial charge in [-0.2, -0.15) is 0 Å². The lowest BCUT2D eigenvalue weighted by Crippen LogP contribution is -2.17. The second kappa shape index (κ2) is 7.41. The Morgan fingerprint density at radius 3 is 2.58 bits per heavy atom. The third-order valence-electron chi connectivity index (χ3n) is 3.53. The quantitative estimate of drug-likeness (QED) is 0.757. The molecule has 1 N–H and O–H groups in total. The first-order chi connectivity index (χ1) is 11.8. The van der Waals surface area contributed by atoms with Crippen LogP contribution in [0, 0.1) is 0 Å². The van der Waals surface area contributed by atoms with Gasteiger partial charge in [0.2, 0.25) is 0 Å². The van der Waals surface area contributed by atoms with Crippen LogP contribution in [0.3, 0.4) is 0 Å². The van der Waals surface area contributed by atoms with E-state index in [0.29, 0.717) is 24.7 Å². The molecular weight excluding hydrogens is 304 g/mol. The molecule has 122 valence electrons. The second-order valence-corrected chi connectivity index (χ2v) is 5.16. The summed E-state index contributed by atoms with van der Waals surface area (Å²) in [5.74, 6) is 0.905. The average molecular weight is 322 g/mol. The highest BCUT2D eigenvalue weighted by molar-refractivity contribution is 6.01. The number of hydrogen-bond acceptors (Lipinski definition) is 4. The molecule has 0 aliphatic heterocycles. The van der Waals surface area contributed by atoms with E-state index in [9.17, 15) is 4.79 Å². The minimum absolute atomic E-state index is 0.229. The number of nitrogens with zero attached hydrogens (tertiary/aromatic N) is 3. The molecule has 0 aliphatic carbocycles. The van der Waals surface area contributed by atoms with E-state index in [1.54, 1.807) is 41.5 Å². The average Bonchev–Trinajstić information content (AvgIpc) is 3.11. The molecule has 1 aromatic carbocycles. The zero-order chi connectivity index (χ0) is 16.8. The van der Waals surface area contributed by atoms with Crippen LogP contribution < -0.4 is 10.1 Å². The van der Waals surface area contributed by atoms with Crippen molar-refractivity contribution in [3.8, 4) is 5.75 Å². The fourth-order valence-electron chi connectivity index (χ4n) is 2.24. The molecule has 0 spiro atoms. The molecule has 6 nitrogen and oxygen atoms in total. The van der Waals surface area contributed by atoms with Gasteiger partial charge in [-0.1, -0.05) is 0 Å². The van der Waals surface area contributed by atoms with E-state index in [2.05, 4.69) is 15.3 Å². The molecule has 0 saturated heterocycles. The summed E-state index contributed by atoms with van der Waals surface area (Å²) in [5, 5.41) is 2.83. The minimum Gasteiger partial charge on any atom is -0.489 e. The standard InChI is InChI=1S/C18H18N4O2/c1-2-22-12-11-20-17(22)18(23)21-15-3-5-16(6-4-15)24-13-14-7-9-19-10-8-14/h3-12H,2,13H2,1H3,(H,21,23). The molecule has 2 aromatic heterocycles. The van der Waals surface area contributed by atoms with Crippen LogP contribution >= 0.6 is 0 Å². The second-order valence-electron chi connectivity index (χ2n) is 5.16. The summed E-state index contributed by atoms with van der Waals surface area (Å²) in [6.07, 6.45) is 6.87. The topological polar surface area (TPSA) is 69.0 Å². The zero-order valence-corrected chi connectivity index (χ0v) is 13.3. The first-order valence-electron chi connectivity index (χ1n) is 7.70. The molecule has 3 aromatic rings. The predicted molar refractivity (Wildman–Crippen MR) is 90.9 cm³/mol. The Bertz CT molecular complexity index is 797. The van der Waals surface area contributed by atoms with E-state index >= 15 is 0 Å². The number of aryl methyl sites for hydroxylation is 1. The van der Waals surface area contributed by atoms with Crippen molar-refractivity contribution in [2.75, 3.05) is 5.32 Å². The number of hydrogen-bond donors (Lipinski definition) is 1. The summed E-state index contributed by atoms with van der Waals surface area (Å²) in [5.41, 5.74) is 1.75. The van der Waals surface area contributed by atoms with E-state index in [1.807, 2.05) is 31.2 Å². The van der Waals surface area contributed by atoms with Crippen LogP contribution in [-0.2, 0) is 13.2 Å². The predicted octanol–water partition coefficient (Wildman–Crippen LogP) is 3.13. The van der Waals surface area contributed by atoms with Gasteiger partial charge < -0.3 is 14.6 Å². The van der Waals surface area contributed by atoms with E-state index in [-0.39, 0.29) is 5.91 Å². The van der Waals surface area contributed by atoms with Gasteiger partial charge in [-0.15, -0.1) is 0 Å². The Balaban J connectivity index is 1.59. The van der Waals surface area contributed by atoms with Crippen molar-refractivity contribution in [2.24, 2.45) is 0 Å². The summed E-state index contributed by atoms with van der Waals surface area (Å²) >= 11 is 0. The number of anilines is 1. The van der Waals surface area contributed by atoms with Gasteiger partial charge in [-0.25, -0.2) is 4.98 Å². The van der Waals surface area contributed by atoms with Crippen molar-refractivity contribution in [1.82, 2.24) is 14.5 Å². The normalized spacial score (nSPS) is 10.4. The number of aromatic nitrogens is 3. The lowest BCUT2D eigenvalue weighted by molar-refractivity contribution is 0.101. The number of ether oxygens (including phenoxy) is 1. The van der Waals surface area contributed by atoms with Crippen molar-refractivity contribution in [2.45, 2.75) is 20.1 Å². The van der Waals surface area contributed by atoms with Gasteiger partial charge in [-0.3, -0.25) is 9.78 Å². The molecule has 0 radical (unpaired) electrons. The van der Waals surface area contributed by atoms with E-state index in [4.69, 9.17) is 4.74 Å². The summed E-state index contributed by atoms with van der Waals surface area (Å²) in [4.78, 5) is 20.3. The number of carbonyl (C=O) groups is 1. The van der Waals surface area contributed by atoms with Crippen LogP contribution in [0.4, 0.5) is 5.69 Å². The molecule has 0 unspecified atom stereocenters. The van der Waals surface area contributed by atoms with Crippen LogP contribution in [0.1, 0.15) is 23.1 Å². The smallest absolute Gasteiger partial charge is 0.291 e. The number of pyridine rings is 1. The lowest BCUT2D eigenvalue weighted by atomic mass is 10.3. The number of nitrogens with one attached hydrogen (secondary N) is 1. The highest BCUT2D eigenvalue weighted by atomic mass is 16.5. The van der Waals surface area contributed by atoms with Crippen molar-refractivity contribution >= 4 is 11.6 Å². The van der Waals surface area contributed by atoms with Gasteiger partial charge in [0.15, 0.2) is 5.82 Å². The van der Waals surface area contributed by atoms with Gasteiger partial charge in [0.05, 0.1) is 0 Å². The molecule has 0 atom stereocenters. The monoisotopic (exact) mass is 322 g/mol. The summed E-state index contributed by atoms with van der Waals surface area (Å²) < 4.78 is 7.50. The fraction of sp³-hybridized carbons (Fsp3) is 0.167. The number of rotatable bonds is 6. The van der Waals surface area contributed by atoms with Gasteiger partial charge >= 0.3 is 0 Å². The molecule has 1 amide bonds. The maximum Gasteiger partial charge on any atom is 0.291 e. The number of imidazole rings is 1. The number of benzene rings is 1. The van der Waals surface area contributed by atoms with Gasteiger partial charge in [0, 0.05) is 37.0 Å². The van der Waals surface area contributed by atoms with Crippen LogP contribution in [0.25, 0.3) is 0 Å². The highest BCUT2D eigenvalue weighted by Crippen LogP contribution is 2.17. The molecule has 24 heavy (non-hydrogen) atoms. The van der Waals surface area contributed by atoms with E-state index in [1.165, 1.54) is 0 Å². The van der Waals surface area contributed by atoms with Crippen LogP contribution in [0.2, 0.25) is 0 Å². The maximum atomic E-state index is 12.2. The fourth-order valence-corrected chi connectivity index (χ4v) is 2.24. The minimum atomic E-state index is -0.229. The summed E-state index contributed by atoms with van der Waals surface area (Å²) in [6.45, 7) is 3.14. The Morgan fingerprint density at radius 1 is 1.12 bits per heavy atom. The number of carbonyl (C=O) groups excluding carboxylic acids is 1.